The van der Waals surface area contributed by atoms with Crippen LogP contribution in [-0.2, 0) is 6.42 Å². The number of carboxylic acid groups (broad SMARTS) is 1. The first kappa shape index (κ1) is 21.7. The van der Waals surface area contributed by atoms with E-state index in [-0.39, 0.29) is 29.4 Å². The van der Waals surface area contributed by atoms with Gasteiger partial charge >= 0.3 is 12.5 Å². The summed E-state index contributed by atoms with van der Waals surface area (Å²) in [7, 11) is 0. The second kappa shape index (κ2) is 8.39. The Bertz CT molecular complexity index is 1100. The number of alkyl halides is 3. The standard InChI is InChI=1S/C21H17ClF3NO4/c1-11(2)18-19(29-20(27)28)15(14-10-13(22)7-8-16(14)26-18)9-12-5-3-4-6-17(12)30-21(23,24)25/h3-8,10-11H,9H2,1-2H3,(H,27,28). The topological polar surface area (TPSA) is 68.7 Å². The van der Waals surface area contributed by atoms with Gasteiger partial charge in [-0.2, -0.15) is 0 Å². The second-order valence-electron chi connectivity index (χ2n) is 6.82. The van der Waals surface area contributed by atoms with Gasteiger partial charge in [0.15, 0.2) is 5.75 Å². The Morgan fingerprint density at radius 2 is 1.90 bits per heavy atom. The Morgan fingerprint density at radius 3 is 2.53 bits per heavy atom. The van der Waals surface area contributed by atoms with Gasteiger partial charge in [-0.1, -0.05) is 43.6 Å². The van der Waals surface area contributed by atoms with E-state index in [1.54, 1.807) is 24.3 Å². The zero-order valence-electron chi connectivity index (χ0n) is 16.0. The molecule has 0 aliphatic rings. The van der Waals surface area contributed by atoms with Gasteiger partial charge < -0.3 is 14.6 Å². The molecule has 158 valence electrons. The number of benzene rings is 2. The average molecular weight is 440 g/mol. The maximum absolute atomic E-state index is 12.8. The molecular formula is C21H17ClF3NO4. The lowest BCUT2D eigenvalue weighted by atomic mass is 9.95. The molecular weight excluding hydrogens is 423 g/mol. The molecule has 0 saturated heterocycles. The predicted octanol–water partition coefficient (Wildman–Crippen LogP) is 6.56. The third kappa shape index (κ3) is 4.94. The molecule has 0 spiro atoms. The summed E-state index contributed by atoms with van der Waals surface area (Å²) in [6, 6.07) is 10.5. The zero-order chi connectivity index (χ0) is 22.1. The monoisotopic (exact) mass is 439 g/mol. The van der Waals surface area contributed by atoms with Crippen LogP contribution >= 0.6 is 11.6 Å². The van der Waals surface area contributed by atoms with Crippen LogP contribution in [0.1, 0.15) is 36.6 Å². The van der Waals surface area contributed by atoms with E-state index in [0.717, 1.165) is 0 Å². The number of carbonyl (C=O) groups is 1. The summed E-state index contributed by atoms with van der Waals surface area (Å²) in [4.78, 5) is 15.9. The Morgan fingerprint density at radius 1 is 1.20 bits per heavy atom. The van der Waals surface area contributed by atoms with Crippen LogP contribution in [0.4, 0.5) is 18.0 Å². The van der Waals surface area contributed by atoms with Crippen molar-refractivity contribution in [2.24, 2.45) is 0 Å². The molecule has 0 unspecified atom stereocenters. The number of fused-ring (bicyclic) bond motifs is 1. The van der Waals surface area contributed by atoms with Crippen LogP contribution in [0, 0.1) is 0 Å². The van der Waals surface area contributed by atoms with Crippen molar-refractivity contribution in [3.63, 3.8) is 0 Å². The summed E-state index contributed by atoms with van der Waals surface area (Å²) >= 11 is 6.11. The number of halogens is 4. The van der Waals surface area contributed by atoms with Crippen molar-refractivity contribution in [3.8, 4) is 11.5 Å². The lowest BCUT2D eigenvalue weighted by Gasteiger charge is -2.19. The Hall–Kier alpha value is -3.00. The highest BCUT2D eigenvalue weighted by atomic mass is 35.5. The third-order valence-corrected chi connectivity index (χ3v) is 4.57. The zero-order valence-corrected chi connectivity index (χ0v) is 16.7. The fourth-order valence-electron chi connectivity index (χ4n) is 3.14. The van der Waals surface area contributed by atoms with E-state index in [2.05, 4.69) is 9.72 Å². The molecule has 0 aliphatic carbocycles. The fourth-order valence-corrected chi connectivity index (χ4v) is 3.31. The number of hydrogen-bond donors (Lipinski definition) is 1. The lowest BCUT2D eigenvalue weighted by molar-refractivity contribution is -0.274. The van der Waals surface area contributed by atoms with Gasteiger partial charge in [0.1, 0.15) is 5.75 Å². The normalized spacial score (nSPS) is 11.7. The molecule has 0 atom stereocenters. The molecule has 0 saturated carbocycles. The van der Waals surface area contributed by atoms with Crippen LogP contribution in [0.25, 0.3) is 10.9 Å². The molecule has 3 aromatic rings. The van der Waals surface area contributed by atoms with Crippen molar-refractivity contribution in [2.75, 3.05) is 0 Å². The first-order chi connectivity index (χ1) is 14.0. The summed E-state index contributed by atoms with van der Waals surface area (Å²) < 4.78 is 47.7. The van der Waals surface area contributed by atoms with Crippen LogP contribution in [0.5, 0.6) is 11.5 Å². The van der Waals surface area contributed by atoms with Gasteiger partial charge in [-0.25, -0.2) is 9.78 Å². The smallest absolute Gasteiger partial charge is 0.449 e. The van der Waals surface area contributed by atoms with E-state index in [4.69, 9.17) is 16.3 Å². The molecule has 0 aliphatic heterocycles. The Kier molecular flexibility index (Phi) is 6.07. The Balaban J connectivity index is 2.26. The number of hydrogen-bond acceptors (Lipinski definition) is 4. The lowest BCUT2D eigenvalue weighted by Crippen LogP contribution is -2.18. The van der Waals surface area contributed by atoms with E-state index in [9.17, 15) is 23.1 Å². The van der Waals surface area contributed by atoms with Crippen molar-refractivity contribution < 1.29 is 32.5 Å². The van der Waals surface area contributed by atoms with Crippen LogP contribution in [-0.4, -0.2) is 22.6 Å². The largest absolute Gasteiger partial charge is 0.573 e. The van der Waals surface area contributed by atoms with Gasteiger partial charge in [0.05, 0.1) is 11.2 Å². The molecule has 9 heteroatoms. The molecule has 1 heterocycles. The number of nitrogens with zero attached hydrogens (tertiary/aromatic N) is 1. The highest BCUT2D eigenvalue weighted by molar-refractivity contribution is 6.31. The van der Waals surface area contributed by atoms with Crippen molar-refractivity contribution >= 4 is 28.7 Å². The van der Waals surface area contributed by atoms with Gasteiger partial charge in [0.2, 0.25) is 0 Å². The summed E-state index contributed by atoms with van der Waals surface area (Å²) in [5.74, 6) is -0.613. The molecule has 5 nitrogen and oxygen atoms in total. The van der Waals surface area contributed by atoms with Crippen molar-refractivity contribution in [3.05, 3.63) is 64.3 Å². The quantitative estimate of drug-likeness (QED) is 0.456. The van der Waals surface area contributed by atoms with Crippen LogP contribution in [0.3, 0.4) is 0 Å². The van der Waals surface area contributed by atoms with Crippen LogP contribution < -0.4 is 9.47 Å². The minimum absolute atomic E-state index is 0.0194. The third-order valence-electron chi connectivity index (χ3n) is 4.33. The maximum atomic E-state index is 12.8. The minimum atomic E-state index is -4.87. The minimum Gasteiger partial charge on any atom is -0.449 e. The van der Waals surface area contributed by atoms with Crippen molar-refractivity contribution in [2.45, 2.75) is 32.5 Å². The summed E-state index contributed by atoms with van der Waals surface area (Å²) in [5, 5.41) is 10.1. The summed E-state index contributed by atoms with van der Waals surface area (Å²) in [6.45, 7) is 3.62. The molecule has 0 radical (unpaired) electrons. The van der Waals surface area contributed by atoms with E-state index in [1.165, 1.54) is 18.2 Å². The molecule has 1 N–H and O–H groups in total. The molecule has 1 aromatic heterocycles. The van der Waals surface area contributed by atoms with Crippen molar-refractivity contribution in [1.29, 1.82) is 0 Å². The number of pyridine rings is 1. The molecule has 0 bridgehead atoms. The van der Waals surface area contributed by atoms with Crippen molar-refractivity contribution in [1.82, 2.24) is 4.98 Å². The highest BCUT2D eigenvalue weighted by Crippen LogP contribution is 2.38. The Labute approximate surface area is 175 Å². The van der Waals surface area contributed by atoms with Gasteiger partial charge in [-0.3, -0.25) is 0 Å². The number of rotatable bonds is 5. The van der Waals surface area contributed by atoms with Gasteiger partial charge in [0.25, 0.3) is 0 Å². The summed E-state index contributed by atoms with van der Waals surface area (Å²) in [5.41, 5.74) is 1.44. The SMILES string of the molecule is CC(C)c1nc2ccc(Cl)cc2c(Cc2ccccc2OC(F)(F)F)c1OC(=O)O. The van der Waals surface area contributed by atoms with E-state index in [1.807, 2.05) is 13.8 Å². The molecule has 3 rings (SSSR count). The first-order valence-corrected chi connectivity index (χ1v) is 9.29. The number of para-hydroxylation sites is 1. The van der Waals surface area contributed by atoms with Crippen LogP contribution in [0.15, 0.2) is 42.5 Å². The number of aromatic nitrogens is 1. The molecule has 2 aromatic carbocycles. The molecule has 0 fully saturated rings. The summed E-state index contributed by atoms with van der Waals surface area (Å²) in [6.07, 6.45) is -6.52. The fraction of sp³-hybridized carbons (Fsp3) is 0.238. The molecule has 0 amide bonds. The van der Waals surface area contributed by atoms with Gasteiger partial charge in [0, 0.05) is 22.4 Å². The van der Waals surface area contributed by atoms with E-state index in [0.29, 0.717) is 27.2 Å². The first-order valence-electron chi connectivity index (χ1n) is 8.91. The average Bonchev–Trinajstić information content (AvgIpc) is 2.63. The second-order valence-corrected chi connectivity index (χ2v) is 7.26. The number of ether oxygens (including phenoxy) is 2. The predicted molar refractivity (Wildman–Crippen MR) is 105 cm³/mol. The van der Waals surface area contributed by atoms with E-state index >= 15 is 0 Å². The van der Waals surface area contributed by atoms with Crippen LogP contribution in [0.2, 0.25) is 5.02 Å². The highest BCUT2D eigenvalue weighted by Gasteiger charge is 2.32. The molecule has 30 heavy (non-hydrogen) atoms. The van der Waals surface area contributed by atoms with Gasteiger partial charge in [-0.05, 0) is 35.7 Å². The van der Waals surface area contributed by atoms with E-state index < -0.39 is 12.5 Å². The van der Waals surface area contributed by atoms with Gasteiger partial charge in [-0.15, -0.1) is 13.2 Å². The maximum Gasteiger partial charge on any atom is 0.573 e.